The number of likely N-dealkylation sites (N-methyl/N-ethyl adjacent to an activating group) is 1. The molecule has 0 spiro atoms. The van der Waals surface area contributed by atoms with Gasteiger partial charge in [-0.3, -0.25) is 4.79 Å². The minimum atomic E-state index is -1.67. The fraction of sp³-hybridized carbons (Fsp3) is 0.947. The zero-order valence-electron chi connectivity index (χ0n) is 16.4. The molecule has 0 unspecified atom stereocenters. The van der Waals surface area contributed by atoms with Crippen molar-refractivity contribution in [1.29, 1.82) is 0 Å². The number of aliphatic hydroxyl groups excluding tert-OH is 5. The van der Waals surface area contributed by atoms with E-state index in [-0.39, 0.29) is 12.5 Å². The minimum absolute atomic E-state index is 0.128. The van der Waals surface area contributed by atoms with E-state index in [1.807, 2.05) is 0 Å². The first kappa shape index (κ1) is 25.3. The standard InChI is InChI=1S/C19H39NO6/c1-3-4-5-6-7-8-9-10-11-12-17(24)20(2)13-15(22)18(25)19(26)16(23)14-21/h15-16,18-19,21-23,25-26H,3-14H2,1-2H3/t15-,16+,18+,19+/m0/s1. The SMILES string of the molecule is CCCCCCCCCCCC(=O)N(C)C[C@H](O)[C@@H](O)[C@H](O)[C@H](O)CO. The van der Waals surface area contributed by atoms with Gasteiger partial charge in [-0.1, -0.05) is 58.3 Å². The van der Waals surface area contributed by atoms with Crippen LogP contribution in [-0.4, -0.2) is 81.0 Å². The largest absolute Gasteiger partial charge is 0.394 e. The lowest BCUT2D eigenvalue weighted by Gasteiger charge is -2.28. The summed E-state index contributed by atoms with van der Waals surface area (Å²) in [6.07, 6.45) is 4.64. The quantitative estimate of drug-likeness (QED) is 0.254. The highest BCUT2D eigenvalue weighted by molar-refractivity contribution is 5.75. The van der Waals surface area contributed by atoms with Crippen LogP contribution in [0.5, 0.6) is 0 Å². The molecule has 0 heterocycles. The Kier molecular flexibility index (Phi) is 14.9. The molecule has 0 radical (unpaired) electrons. The van der Waals surface area contributed by atoms with Gasteiger partial charge in [0.2, 0.25) is 5.91 Å². The molecule has 5 N–H and O–H groups in total. The molecule has 0 aliphatic rings. The molecule has 7 heteroatoms. The molecule has 0 rings (SSSR count). The predicted molar refractivity (Wildman–Crippen MR) is 101 cm³/mol. The second kappa shape index (κ2) is 15.3. The van der Waals surface area contributed by atoms with E-state index < -0.39 is 31.0 Å². The first-order chi connectivity index (χ1) is 12.3. The van der Waals surface area contributed by atoms with Gasteiger partial charge in [0.05, 0.1) is 6.61 Å². The van der Waals surface area contributed by atoms with Crippen molar-refractivity contribution in [1.82, 2.24) is 4.90 Å². The number of unbranched alkanes of at least 4 members (excludes halogenated alkanes) is 8. The maximum absolute atomic E-state index is 12.0. The second-order valence-corrected chi connectivity index (χ2v) is 7.15. The van der Waals surface area contributed by atoms with Gasteiger partial charge >= 0.3 is 0 Å². The van der Waals surface area contributed by atoms with Crippen molar-refractivity contribution >= 4 is 5.91 Å². The van der Waals surface area contributed by atoms with Gasteiger partial charge in [0, 0.05) is 20.0 Å². The molecule has 7 nitrogen and oxygen atoms in total. The summed E-state index contributed by atoms with van der Waals surface area (Å²) in [6.45, 7) is 1.33. The Labute approximate surface area is 157 Å². The van der Waals surface area contributed by atoms with Gasteiger partial charge in [0.25, 0.3) is 0 Å². The fourth-order valence-electron chi connectivity index (χ4n) is 2.83. The summed E-state index contributed by atoms with van der Waals surface area (Å²) in [6, 6.07) is 0. The molecule has 0 aromatic rings. The van der Waals surface area contributed by atoms with Crippen molar-refractivity contribution in [2.45, 2.75) is 95.5 Å². The zero-order chi connectivity index (χ0) is 19.9. The number of carbonyl (C=O) groups excluding carboxylic acids is 1. The molecule has 0 aromatic heterocycles. The van der Waals surface area contributed by atoms with Crippen molar-refractivity contribution in [2.75, 3.05) is 20.2 Å². The Hall–Kier alpha value is -0.730. The topological polar surface area (TPSA) is 121 Å². The van der Waals surface area contributed by atoms with E-state index >= 15 is 0 Å². The third-order valence-electron chi connectivity index (χ3n) is 4.71. The van der Waals surface area contributed by atoms with Crippen molar-refractivity contribution in [3.05, 3.63) is 0 Å². The van der Waals surface area contributed by atoms with E-state index in [1.54, 1.807) is 0 Å². The Balaban J connectivity index is 3.88. The van der Waals surface area contributed by atoms with Crippen LogP contribution in [0.4, 0.5) is 0 Å². The maximum Gasteiger partial charge on any atom is 0.222 e. The molecule has 0 saturated heterocycles. The fourth-order valence-corrected chi connectivity index (χ4v) is 2.83. The number of amides is 1. The van der Waals surface area contributed by atoms with E-state index in [4.69, 9.17) is 5.11 Å². The molecule has 0 fully saturated rings. The summed E-state index contributed by atoms with van der Waals surface area (Å²) < 4.78 is 0. The first-order valence-electron chi connectivity index (χ1n) is 9.92. The number of aliphatic hydroxyl groups is 5. The summed E-state index contributed by atoms with van der Waals surface area (Å²) in [5, 5.41) is 47.3. The van der Waals surface area contributed by atoms with Crippen LogP contribution < -0.4 is 0 Å². The van der Waals surface area contributed by atoms with Crippen molar-refractivity contribution in [3.8, 4) is 0 Å². The Morgan fingerprint density at radius 2 is 1.27 bits per heavy atom. The molecule has 0 bridgehead atoms. The molecular weight excluding hydrogens is 338 g/mol. The Morgan fingerprint density at radius 3 is 1.77 bits per heavy atom. The van der Waals surface area contributed by atoms with E-state index in [1.165, 1.54) is 50.5 Å². The van der Waals surface area contributed by atoms with E-state index in [0.29, 0.717) is 6.42 Å². The highest BCUT2D eigenvalue weighted by Gasteiger charge is 2.31. The van der Waals surface area contributed by atoms with Crippen LogP contribution in [0.3, 0.4) is 0 Å². The van der Waals surface area contributed by atoms with Gasteiger partial charge in [-0.2, -0.15) is 0 Å². The molecule has 0 aliphatic carbocycles. The number of nitrogens with zero attached hydrogens (tertiary/aromatic N) is 1. The average Bonchev–Trinajstić information content (AvgIpc) is 2.64. The predicted octanol–water partition coefficient (Wildman–Crippen LogP) is 0.802. The van der Waals surface area contributed by atoms with Crippen LogP contribution in [-0.2, 0) is 4.79 Å². The number of carbonyl (C=O) groups is 1. The van der Waals surface area contributed by atoms with Crippen molar-refractivity contribution < 1.29 is 30.3 Å². The van der Waals surface area contributed by atoms with E-state index in [0.717, 1.165) is 19.3 Å². The molecule has 0 saturated carbocycles. The first-order valence-corrected chi connectivity index (χ1v) is 9.92. The van der Waals surface area contributed by atoms with Gasteiger partial charge in [0.1, 0.15) is 24.4 Å². The maximum atomic E-state index is 12.0. The molecular formula is C19H39NO6. The number of rotatable bonds is 16. The summed E-state index contributed by atoms with van der Waals surface area (Å²) in [5.74, 6) is -0.128. The molecule has 0 aromatic carbocycles. The van der Waals surface area contributed by atoms with Gasteiger partial charge in [0.15, 0.2) is 0 Å². The summed E-state index contributed by atoms with van der Waals surface area (Å²) in [5.41, 5.74) is 0. The van der Waals surface area contributed by atoms with Crippen molar-refractivity contribution in [2.24, 2.45) is 0 Å². The van der Waals surface area contributed by atoms with Crippen LogP contribution in [0.15, 0.2) is 0 Å². The molecule has 4 atom stereocenters. The normalized spacial score (nSPS) is 16.1. The number of hydrogen-bond acceptors (Lipinski definition) is 6. The van der Waals surface area contributed by atoms with Crippen LogP contribution in [0.1, 0.15) is 71.1 Å². The lowest BCUT2D eigenvalue weighted by molar-refractivity contribution is -0.138. The van der Waals surface area contributed by atoms with Crippen LogP contribution in [0.25, 0.3) is 0 Å². The van der Waals surface area contributed by atoms with Gasteiger partial charge in [-0.25, -0.2) is 0 Å². The van der Waals surface area contributed by atoms with Gasteiger partial charge in [-0.05, 0) is 6.42 Å². The highest BCUT2D eigenvalue weighted by Crippen LogP contribution is 2.12. The van der Waals surface area contributed by atoms with Gasteiger partial charge in [-0.15, -0.1) is 0 Å². The monoisotopic (exact) mass is 377 g/mol. The molecule has 26 heavy (non-hydrogen) atoms. The van der Waals surface area contributed by atoms with E-state index in [2.05, 4.69) is 6.92 Å². The lowest BCUT2D eigenvalue weighted by atomic mass is 10.0. The van der Waals surface area contributed by atoms with E-state index in [9.17, 15) is 25.2 Å². The molecule has 1 amide bonds. The minimum Gasteiger partial charge on any atom is -0.394 e. The zero-order valence-corrected chi connectivity index (χ0v) is 16.4. The van der Waals surface area contributed by atoms with Crippen molar-refractivity contribution in [3.63, 3.8) is 0 Å². The molecule has 0 aliphatic heterocycles. The molecule has 156 valence electrons. The van der Waals surface area contributed by atoms with Crippen LogP contribution in [0, 0.1) is 0 Å². The summed E-state index contributed by atoms with van der Waals surface area (Å²) in [7, 11) is 1.53. The lowest BCUT2D eigenvalue weighted by Crippen LogP contribution is -2.49. The third kappa shape index (κ3) is 11.1. The number of hydrogen-bond donors (Lipinski definition) is 5. The second-order valence-electron chi connectivity index (χ2n) is 7.15. The average molecular weight is 378 g/mol. The van der Waals surface area contributed by atoms with Gasteiger partial charge < -0.3 is 30.4 Å². The summed E-state index contributed by atoms with van der Waals surface area (Å²) >= 11 is 0. The van der Waals surface area contributed by atoms with Crippen LogP contribution in [0.2, 0.25) is 0 Å². The smallest absolute Gasteiger partial charge is 0.222 e. The third-order valence-corrected chi connectivity index (χ3v) is 4.71. The highest BCUT2D eigenvalue weighted by atomic mass is 16.4. The van der Waals surface area contributed by atoms with Crippen LogP contribution >= 0.6 is 0 Å². The summed E-state index contributed by atoms with van der Waals surface area (Å²) in [4.78, 5) is 13.4. The Bertz CT molecular complexity index is 355. The Morgan fingerprint density at radius 1 is 0.808 bits per heavy atom.